The molecule has 0 amide bonds. The zero-order valence-electron chi connectivity index (χ0n) is 15.1. The number of ether oxygens (including phenoxy) is 1. The van der Waals surface area contributed by atoms with E-state index in [0.29, 0.717) is 5.56 Å². The van der Waals surface area contributed by atoms with Gasteiger partial charge in [0.15, 0.2) is 0 Å². The average Bonchev–Trinajstić information content (AvgIpc) is 2.67. The number of rotatable bonds is 7. The topological polar surface area (TPSA) is 9.23 Å². The molecule has 0 spiro atoms. The van der Waals surface area contributed by atoms with Crippen molar-refractivity contribution < 1.29 is 17.9 Å². The molecule has 0 radical (unpaired) electrons. The fourth-order valence-electron chi connectivity index (χ4n) is 3.00. The van der Waals surface area contributed by atoms with Gasteiger partial charge in [-0.3, -0.25) is 0 Å². The summed E-state index contributed by atoms with van der Waals surface area (Å²) in [5, 5.41) is 0. The van der Waals surface area contributed by atoms with Gasteiger partial charge in [0.05, 0.1) is 0 Å². The van der Waals surface area contributed by atoms with E-state index < -0.39 is 6.61 Å². The van der Waals surface area contributed by atoms with Crippen molar-refractivity contribution in [3.05, 3.63) is 78.1 Å². The molecule has 0 unspecified atom stereocenters. The molecule has 0 aliphatic carbocycles. The highest BCUT2D eigenvalue weighted by atomic mass is 19.3. The van der Waals surface area contributed by atoms with Gasteiger partial charge in [-0.2, -0.15) is 8.78 Å². The Bertz CT molecular complexity index is 871. The van der Waals surface area contributed by atoms with Crippen LogP contribution in [0.4, 0.5) is 13.2 Å². The Hall–Kier alpha value is -2.75. The second kappa shape index (κ2) is 8.76. The third-order valence-electron chi connectivity index (χ3n) is 4.46. The van der Waals surface area contributed by atoms with Crippen molar-refractivity contribution in [3.63, 3.8) is 0 Å². The summed E-state index contributed by atoms with van der Waals surface area (Å²) in [6.45, 7) is -0.718. The molecule has 0 N–H and O–H groups in total. The molecule has 0 saturated heterocycles. The maximum absolute atomic E-state index is 14.5. The van der Waals surface area contributed by atoms with Crippen LogP contribution in [0.2, 0.25) is 0 Å². The molecule has 1 nitrogen and oxygen atoms in total. The van der Waals surface area contributed by atoms with Gasteiger partial charge in [0, 0.05) is 5.56 Å². The van der Waals surface area contributed by atoms with Crippen LogP contribution < -0.4 is 4.74 Å². The molecule has 0 atom stereocenters. The molecular formula is C23H21F3O. The summed E-state index contributed by atoms with van der Waals surface area (Å²) in [6.07, 6.45) is 3.02. The lowest BCUT2D eigenvalue weighted by Crippen LogP contribution is -2.01. The summed E-state index contributed by atoms with van der Waals surface area (Å²) in [5.41, 5.74) is 4.18. The highest BCUT2D eigenvalue weighted by Crippen LogP contribution is 2.28. The number of hydrogen-bond acceptors (Lipinski definition) is 1. The molecular weight excluding hydrogens is 349 g/mol. The monoisotopic (exact) mass is 370 g/mol. The molecule has 0 fully saturated rings. The Morgan fingerprint density at radius 3 is 1.96 bits per heavy atom. The minimum atomic E-state index is -2.83. The quantitative estimate of drug-likeness (QED) is 0.431. The SMILES string of the molecule is CCCCc1ccc(-c2ccc(-c3ccc(OC(F)F)cc3)cc2)c(F)c1. The molecule has 140 valence electrons. The predicted octanol–water partition coefficient (Wildman–Crippen LogP) is 7.10. The van der Waals surface area contributed by atoms with Crippen molar-refractivity contribution in [2.24, 2.45) is 0 Å². The van der Waals surface area contributed by atoms with E-state index in [0.717, 1.165) is 41.5 Å². The Morgan fingerprint density at radius 1 is 0.815 bits per heavy atom. The van der Waals surface area contributed by atoms with E-state index in [9.17, 15) is 13.2 Å². The van der Waals surface area contributed by atoms with E-state index in [2.05, 4.69) is 11.7 Å². The van der Waals surface area contributed by atoms with Gasteiger partial charge in [-0.05, 0) is 53.3 Å². The smallest absolute Gasteiger partial charge is 0.387 e. The number of alkyl halides is 2. The molecule has 3 rings (SSSR count). The second-order valence-corrected chi connectivity index (χ2v) is 6.40. The Balaban J connectivity index is 1.77. The minimum absolute atomic E-state index is 0.121. The van der Waals surface area contributed by atoms with E-state index in [1.165, 1.54) is 12.1 Å². The highest BCUT2D eigenvalue weighted by molar-refractivity contribution is 5.71. The molecule has 0 heterocycles. The first-order valence-corrected chi connectivity index (χ1v) is 9.01. The highest BCUT2D eigenvalue weighted by Gasteiger charge is 2.08. The van der Waals surface area contributed by atoms with Crippen LogP contribution in [0, 0.1) is 5.82 Å². The van der Waals surface area contributed by atoms with Crippen LogP contribution in [0.15, 0.2) is 66.7 Å². The maximum atomic E-state index is 14.5. The summed E-state index contributed by atoms with van der Waals surface area (Å²) in [5.74, 6) is -0.0968. The molecule has 0 aliphatic rings. The van der Waals surface area contributed by atoms with Crippen LogP contribution in [0.25, 0.3) is 22.3 Å². The van der Waals surface area contributed by atoms with Gasteiger partial charge in [-0.25, -0.2) is 4.39 Å². The van der Waals surface area contributed by atoms with E-state index in [4.69, 9.17) is 0 Å². The first-order chi connectivity index (χ1) is 13.1. The lowest BCUT2D eigenvalue weighted by atomic mass is 9.98. The van der Waals surface area contributed by atoms with E-state index in [1.807, 2.05) is 36.4 Å². The van der Waals surface area contributed by atoms with Crippen LogP contribution in [-0.2, 0) is 6.42 Å². The zero-order valence-corrected chi connectivity index (χ0v) is 15.1. The number of halogens is 3. The van der Waals surface area contributed by atoms with Crippen molar-refractivity contribution >= 4 is 0 Å². The van der Waals surface area contributed by atoms with Crippen LogP contribution in [0.1, 0.15) is 25.3 Å². The van der Waals surface area contributed by atoms with Gasteiger partial charge in [0.25, 0.3) is 0 Å². The standard InChI is InChI=1S/C23H21F3O/c1-2-3-4-16-5-14-21(22(24)15-16)19-8-6-17(7-9-19)18-10-12-20(13-11-18)27-23(25)26/h5-15,23H,2-4H2,1H3. The Kier molecular flexibility index (Phi) is 6.17. The van der Waals surface area contributed by atoms with Gasteiger partial charge in [-0.1, -0.05) is 61.9 Å². The summed E-state index contributed by atoms with van der Waals surface area (Å²) < 4.78 is 43.2. The molecule has 3 aromatic carbocycles. The second-order valence-electron chi connectivity index (χ2n) is 6.40. The number of hydrogen-bond donors (Lipinski definition) is 0. The van der Waals surface area contributed by atoms with Crippen molar-refractivity contribution in [1.82, 2.24) is 0 Å². The van der Waals surface area contributed by atoms with Crippen molar-refractivity contribution in [3.8, 4) is 28.0 Å². The first-order valence-electron chi connectivity index (χ1n) is 9.01. The molecule has 4 heteroatoms. The molecule has 27 heavy (non-hydrogen) atoms. The molecule has 0 aliphatic heterocycles. The van der Waals surface area contributed by atoms with E-state index >= 15 is 0 Å². The van der Waals surface area contributed by atoms with Gasteiger partial charge in [-0.15, -0.1) is 0 Å². The van der Waals surface area contributed by atoms with Crippen molar-refractivity contribution in [1.29, 1.82) is 0 Å². The van der Waals surface area contributed by atoms with Crippen molar-refractivity contribution in [2.45, 2.75) is 32.8 Å². The van der Waals surface area contributed by atoms with E-state index in [-0.39, 0.29) is 11.6 Å². The van der Waals surface area contributed by atoms with Crippen molar-refractivity contribution in [2.75, 3.05) is 0 Å². The lowest BCUT2D eigenvalue weighted by molar-refractivity contribution is -0.0498. The summed E-state index contributed by atoms with van der Waals surface area (Å²) >= 11 is 0. The van der Waals surface area contributed by atoms with Crippen LogP contribution in [0.3, 0.4) is 0 Å². The van der Waals surface area contributed by atoms with Crippen LogP contribution >= 0.6 is 0 Å². The normalized spacial score (nSPS) is 11.0. The number of unbranched alkanes of at least 4 members (excludes halogenated alkanes) is 1. The summed E-state index contributed by atoms with van der Waals surface area (Å²) in [6, 6.07) is 19.4. The zero-order chi connectivity index (χ0) is 19.2. The van der Waals surface area contributed by atoms with E-state index in [1.54, 1.807) is 18.2 Å². The summed E-state index contributed by atoms with van der Waals surface area (Å²) in [4.78, 5) is 0. The van der Waals surface area contributed by atoms with Crippen LogP contribution in [0.5, 0.6) is 5.75 Å². The molecule has 0 saturated carbocycles. The molecule has 0 aromatic heterocycles. The largest absolute Gasteiger partial charge is 0.435 e. The minimum Gasteiger partial charge on any atom is -0.435 e. The first kappa shape index (κ1) is 19.0. The third-order valence-corrected chi connectivity index (χ3v) is 4.46. The number of aryl methyl sites for hydroxylation is 1. The fraction of sp³-hybridized carbons (Fsp3) is 0.217. The van der Waals surface area contributed by atoms with Gasteiger partial charge in [0.1, 0.15) is 11.6 Å². The Labute approximate surface area is 157 Å². The fourth-order valence-corrected chi connectivity index (χ4v) is 3.00. The molecule has 0 bridgehead atoms. The lowest BCUT2D eigenvalue weighted by Gasteiger charge is -2.09. The van der Waals surface area contributed by atoms with Gasteiger partial charge in [0.2, 0.25) is 0 Å². The predicted molar refractivity (Wildman–Crippen MR) is 103 cm³/mol. The third kappa shape index (κ3) is 4.91. The number of benzene rings is 3. The van der Waals surface area contributed by atoms with Crippen LogP contribution in [-0.4, -0.2) is 6.61 Å². The maximum Gasteiger partial charge on any atom is 0.387 e. The molecule has 3 aromatic rings. The summed E-state index contributed by atoms with van der Waals surface area (Å²) in [7, 11) is 0. The average molecular weight is 370 g/mol. The van der Waals surface area contributed by atoms with Gasteiger partial charge < -0.3 is 4.74 Å². The van der Waals surface area contributed by atoms with Gasteiger partial charge >= 0.3 is 6.61 Å². The Morgan fingerprint density at radius 2 is 1.41 bits per heavy atom.